The number of aromatic nitrogens is 2. The van der Waals surface area contributed by atoms with Crippen molar-refractivity contribution in [3.63, 3.8) is 0 Å². The molecule has 3 rings (SSSR count). The highest BCUT2D eigenvalue weighted by Crippen LogP contribution is 2.23. The average molecular weight is 375 g/mol. The second-order valence-electron chi connectivity index (χ2n) is 5.14. The standard InChI is InChI=1S/C17H15ClN4O2S/c18-15-6-1-2-7-16(15)25(23,24)22-17-9-8-14(12-21-17)20-11-13-5-3-4-10-19-13/h1-10,12,20H,11H2,(H,21,22). The number of nitrogens with one attached hydrogen (secondary N) is 2. The van der Waals surface area contributed by atoms with Crippen molar-refractivity contribution in [3.05, 3.63) is 77.7 Å². The van der Waals surface area contributed by atoms with Crippen molar-refractivity contribution < 1.29 is 8.42 Å². The van der Waals surface area contributed by atoms with Gasteiger partial charge in [0.1, 0.15) is 10.7 Å². The van der Waals surface area contributed by atoms with Gasteiger partial charge in [-0.15, -0.1) is 0 Å². The molecule has 1 aromatic carbocycles. The molecule has 2 heterocycles. The van der Waals surface area contributed by atoms with Crippen LogP contribution in [0.25, 0.3) is 0 Å². The molecule has 25 heavy (non-hydrogen) atoms. The van der Waals surface area contributed by atoms with E-state index in [2.05, 4.69) is 20.0 Å². The minimum absolute atomic E-state index is 0.0100. The molecule has 0 fully saturated rings. The van der Waals surface area contributed by atoms with Crippen LogP contribution in [0.4, 0.5) is 11.5 Å². The number of hydrogen-bond acceptors (Lipinski definition) is 5. The van der Waals surface area contributed by atoms with Crippen LogP contribution >= 0.6 is 11.6 Å². The van der Waals surface area contributed by atoms with Crippen molar-refractivity contribution in [2.24, 2.45) is 0 Å². The van der Waals surface area contributed by atoms with E-state index in [-0.39, 0.29) is 15.7 Å². The van der Waals surface area contributed by atoms with E-state index in [1.54, 1.807) is 36.7 Å². The summed E-state index contributed by atoms with van der Waals surface area (Å²) in [6.45, 7) is 0.549. The molecule has 0 amide bonds. The lowest BCUT2D eigenvalue weighted by Gasteiger charge is -2.10. The number of pyridine rings is 2. The van der Waals surface area contributed by atoms with Crippen LogP contribution in [0.1, 0.15) is 5.69 Å². The van der Waals surface area contributed by atoms with Crippen LogP contribution in [0.3, 0.4) is 0 Å². The summed E-state index contributed by atoms with van der Waals surface area (Å²) in [6.07, 6.45) is 3.27. The molecule has 3 aromatic rings. The molecule has 6 nitrogen and oxygen atoms in total. The Hall–Kier alpha value is -2.64. The fraction of sp³-hybridized carbons (Fsp3) is 0.0588. The van der Waals surface area contributed by atoms with Crippen molar-refractivity contribution in [2.75, 3.05) is 10.0 Å². The lowest BCUT2D eigenvalue weighted by molar-refractivity contribution is 0.601. The number of sulfonamides is 1. The Morgan fingerprint density at radius 2 is 1.76 bits per heavy atom. The summed E-state index contributed by atoms with van der Waals surface area (Å²) in [7, 11) is -3.79. The highest BCUT2D eigenvalue weighted by molar-refractivity contribution is 7.92. The summed E-state index contributed by atoms with van der Waals surface area (Å²) in [5.74, 6) is 0.211. The molecule has 0 spiro atoms. The topological polar surface area (TPSA) is 84.0 Å². The predicted octanol–water partition coefficient (Wildman–Crippen LogP) is 3.54. The third kappa shape index (κ3) is 4.46. The SMILES string of the molecule is O=S(=O)(Nc1ccc(NCc2ccccn2)cn1)c1ccccc1Cl. The zero-order valence-electron chi connectivity index (χ0n) is 13.1. The van der Waals surface area contributed by atoms with E-state index in [0.29, 0.717) is 6.54 Å². The van der Waals surface area contributed by atoms with Crippen LogP contribution in [-0.2, 0) is 16.6 Å². The Kier molecular flexibility index (Phi) is 5.16. The molecule has 0 saturated heterocycles. The Bertz CT molecular complexity index is 948. The first kappa shape index (κ1) is 17.2. The van der Waals surface area contributed by atoms with Gasteiger partial charge in [0, 0.05) is 6.20 Å². The van der Waals surface area contributed by atoms with E-state index in [1.807, 2.05) is 18.2 Å². The van der Waals surface area contributed by atoms with Gasteiger partial charge in [0.05, 0.1) is 29.1 Å². The summed E-state index contributed by atoms with van der Waals surface area (Å²) >= 11 is 5.94. The molecule has 8 heteroatoms. The Morgan fingerprint density at radius 1 is 0.960 bits per heavy atom. The number of benzene rings is 1. The van der Waals surface area contributed by atoms with Gasteiger partial charge in [-0.1, -0.05) is 29.8 Å². The van der Waals surface area contributed by atoms with E-state index in [9.17, 15) is 8.42 Å². The van der Waals surface area contributed by atoms with E-state index in [1.165, 1.54) is 12.1 Å². The van der Waals surface area contributed by atoms with E-state index in [0.717, 1.165) is 11.4 Å². The average Bonchev–Trinajstić information content (AvgIpc) is 2.62. The summed E-state index contributed by atoms with van der Waals surface area (Å²) in [5.41, 5.74) is 1.65. The van der Waals surface area contributed by atoms with Crippen LogP contribution in [0.15, 0.2) is 71.9 Å². The normalized spacial score (nSPS) is 11.1. The number of hydrogen-bond donors (Lipinski definition) is 2. The predicted molar refractivity (Wildman–Crippen MR) is 98.1 cm³/mol. The van der Waals surface area contributed by atoms with Gasteiger partial charge in [-0.25, -0.2) is 13.4 Å². The van der Waals surface area contributed by atoms with Crippen molar-refractivity contribution in [1.29, 1.82) is 0 Å². The smallest absolute Gasteiger partial charge is 0.264 e. The molecule has 128 valence electrons. The highest BCUT2D eigenvalue weighted by atomic mass is 35.5. The van der Waals surface area contributed by atoms with Crippen LogP contribution < -0.4 is 10.0 Å². The first-order chi connectivity index (χ1) is 12.0. The lowest BCUT2D eigenvalue weighted by Crippen LogP contribution is -2.14. The molecular formula is C17H15ClN4O2S. The van der Waals surface area contributed by atoms with E-state index < -0.39 is 10.0 Å². The molecule has 0 atom stereocenters. The molecule has 0 radical (unpaired) electrons. The van der Waals surface area contributed by atoms with Gasteiger partial charge in [-0.05, 0) is 36.4 Å². The summed E-state index contributed by atoms with van der Waals surface area (Å²) in [4.78, 5) is 8.34. The number of nitrogens with zero attached hydrogens (tertiary/aromatic N) is 2. The van der Waals surface area contributed by atoms with Crippen LogP contribution in [0.2, 0.25) is 5.02 Å². The summed E-state index contributed by atoms with van der Waals surface area (Å²) in [5, 5.41) is 3.32. The number of anilines is 2. The fourth-order valence-corrected chi connectivity index (χ4v) is 3.64. The van der Waals surface area contributed by atoms with Gasteiger partial charge in [0.2, 0.25) is 0 Å². The maximum absolute atomic E-state index is 12.4. The Balaban J connectivity index is 1.67. The first-order valence-electron chi connectivity index (χ1n) is 7.42. The second kappa shape index (κ2) is 7.50. The molecule has 0 saturated carbocycles. The largest absolute Gasteiger partial charge is 0.378 e. The van der Waals surface area contributed by atoms with Crippen molar-refractivity contribution in [1.82, 2.24) is 9.97 Å². The second-order valence-corrected chi connectivity index (χ2v) is 7.20. The van der Waals surface area contributed by atoms with Gasteiger partial charge < -0.3 is 5.32 Å². The van der Waals surface area contributed by atoms with E-state index >= 15 is 0 Å². The monoisotopic (exact) mass is 374 g/mol. The minimum atomic E-state index is -3.79. The molecule has 0 unspecified atom stereocenters. The first-order valence-corrected chi connectivity index (χ1v) is 9.28. The van der Waals surface area contributed by atoms with Crippen molar-refractivity contribution >= 4 is 33.1 Å². The molecule has 2 aromatic heterocycles. The molecular weight excluding hydrogens is 360 g/mol. The van der Waals surface area contributed by atoms with Gasteiger partial charge in [0.15, 0.2) is 0 Å². The highest BCUT2D eigenvalue weighted by Gasteiger charge is 2.17. The Morgan fingerprint density at radius 3 is 2.44 bits per heavy atom. The van der Waals surface area contributed by atoms with Crippen molar-refractivity contribution in [3.8, 4) is 0 Å². The zero-order chi connectivity index (χ0) is 17.7. The molecule has 0 aliphatic rings. The van der Waals surface area contributed by atoms with E-state index in [4.69, 9.17) is 11.6 Å². The minimum Gasteiger partial charge on any atom is -0.378 e. The fourth-order valence-electron chi connectivity index (χ4n) is 2.11. The van der Waals surface area contributed by atoms with Crippen LogP contribution in [0.5, 0.6) is 0 Å². The van der Waals surface area contributed by atoms with Crippen LogP contribution in [0, 0.1) is 0 Å². The van der Waals surface area contributed by atoms with Gasteiger partial charge in [-0.2, -0.15) is 0 Å². The summed E-state index contributed by atoms with van der Waals surface area (Å²) in [6, 6.07) is 15.2. The van der Waals surface area contributed by atoms with Crippen molar-refractivity contribution in [2.45, 2.75) is 11.4 Å². The zero-order valence-corrected chi connectivity index (χ0v) is 14.6. The molecule has 0 aliphatic heterocycles. The van der Waals surface area contributed by atoms with Gasteiger partial charge in [0.25, 0.3) is 10.0 Å². The number of rotatable bonds is 6. The quantitative estimate of drug-likeness (QED) is 0.689. The third-order valence-electron chi connectivity index (χ3n) is 3.33. The summed E-state index contributed by atoms with van der Waals surface area (Å²) < 4.78 is 27.1. The molecule has 2 N–H and O–H groups in total. The third-order valence-corrected chi connectivity index (χ3v) is 5.18. The van der Waals surface area contributed by atoms with Crippen LogP contribution in [-0.4, -0.2) is 18.4 Å². The maximum atomic E-state index is 12.4. The number of halogens is 1. The van der Waals surface area contributed by atoms with Gasteiger partial charge in [-0.3, -0.25) is 9.71 Å². The molecule has 0 bridgehead atoms. The molecule has 0 aliphatic carbocycles. The Labute approximate surface area is 151 Å². The lowest BCUT2D eigenvalue weighted by atomic mass is 10.3. The maximum Gasteiger partial charge on any atom is 0.264 e. The van der Waals surface area contributed by atoms with Gasteiger partial charge >= 0.3 is 0 Å².